The smallest absolute Gasteiger partial charge is 0.407 e. The van der Waals surface area contributed by atoms with Gasteiger partial charge in [-0.25, -0.2) is 9.78 Å². The van der Waals surface area contributed by atoms with Crippen LogP contribution in [0, 0.1) is 0 Å². The molecule has 118 valence electrons. The van der Waals surface area contributed by atoms with Crippen LogP contribution in [0.4, 0.5) is 9.93 Å². The van der Waals surface area contributed by atoms with Crippen LogP contribution in [0.3, 0.4) is 0 Å². The largest absolute Gasteiger partial charge is 0.444 e. The highest BCUT2D eigenvalue weighted by molar-refractivity contribution is 7.13. The molecule has 0 aliphatic rings. The van der Waals surface area contributed by atoms with E-state index >= 15 is 0 Å². The minimum absolute atomic E-state index is 0.387. The monoisotopic (exact) mass is 319 g/mol. The fraction of sp³-hybridized carbons (Fsp3) is 0.375. The molecular formula is C16H21N3O2S. The first-order chi connectivity index (χ1) is 10.3. The highest BCUT2D eigenvalue weighted by atomic mass is 32.1. The van der Waals surface area contributed by atoms with E-state index in [-0.39, 0.29) is 6.09 Å². The summed E-state index contributed by atoms with van der Waals surface area (Å²) in [6, 6.07) is 8.08. The van der Waals surface area contributed by atoms with E-state index in [4.69, 9.17) is 10.5 Å². The summed E-state index contributed by atoms with van der Waals surface area (Å²) in [5.41, 5.74) is 8.24. The molecule has 22 heavy (non-hydrogen) atoms. The number of benzene rings is 1. The van der Waals surface area contributed by atoms with Gasteiger partial charge in [-0.3, -0.25) is 0 Å². The number of hydrogen-bond acceptors (Lipinski definition) is 5. The summed E-state index contributed by atoms with van der Waals surface area (Å²) in [4.78, 5) is 15.8. The molecule has 1 amide bonds. The predicted octanol–water partition coefficient (Wildman–Crippen LogP) is 3.46. The van der Waals surface area contributed by atoms with E-state index in [2.05, 4.69) is 10.3 Å². The summed E-state index contributed by atoms with van der Waals surface area (Å²) in [7, 11) is 0. The van der Waals surface area contributed by atoms with Crippen molar-refractivity contribution in [3.63, 3.8) is 0 Å². The van der Waals surface area contributed by atoms with Gasteiger partial charge in [-0.05, 0) is 32.8 Å². The molecule has 0 saturated carbocycles. The third kappa shape index (κ3) is 5.04. The molecule has 6 heteroatoms. The standard InChI is InChI=1S/C16H21N3O2S/c1-16(2,3)21-15(20)18-9-8-11-4-6-12(7-5-11)13-10-22-14(17)19-13/h4-7,10H,8-9H2,1-3H3,(H2,17,19)(H,18,20). The summed E-state index contributed by atoms with van der Waals surface area (Å²) in [6.45, 7) is 6.07. The van der Waals surface area contributed by atoms with Crippen molar-refractivity contribution in [3.8, 4) is 11.3 Å². The topological polar surface area (TPSA) is 77.2 Å². The van der Waals surface area contributed by atoms with Crippen LogP contribution in [0.25, 0.3) is 11.3 Å². The first-order valence-electron chi connectivity index (χ1n) is 7.11. The van der Waals surface area contributed by atoms with Crippen molar-refractivity contribution in [1.29, 1.82) is 0 Å². The van der Waals surface area contributed by atoms with Crippen molar-refractivity contribution in [3.05, 3.63) is 35.2 Å². The summed E-state index contributed by atoms with van der Waals surface area (Å²) < 4.78 is 5.19. The van der Waals surface area contributed by atoms with Crippen LogP contribution in [0.15, 0.2) is 29.6 Å². The second-order valence-corrected chi connectivity index (χ2v) is 6.84. The van der Waals surface area contributed by atoms with Gasteiger partial charge >= 0.3 is 6.09 Å². The third-order valence-electron chi connectivity index (χ3n) is 2.85. The normalized spacial score (nSPS) is 11.2. The molecule has 1 aromatic carbocycles. The van der Waals surface area contributed by atoms with Gasteiger partial charge in [0.15, 0.2) is 5.13 Å². The molecule has 1 heterocycles. The molecule has 0 spiro atoms. The Kier molecular flexibility index (Phi) is 5.03. The van der Waals surface area contributed by atoms with Crippen molar-refractivity contribution >= 4 is 22.6 Å². The van der Waals surface area contributed by atoms with Crippen LogP contribution in [-0.2, 0) is 11.2 Å². The minimum Gasteiger partial charge on any atom is -0.444 e. The first-order valence-corrected chi connectivity index (χ1v) is 7.98. The van der Waals surface area contributed by atoms with Gasteiger partial charge in [0.25, 0.3) is 0 Å². The lowest BCUT2D eigenvalue weighted by Crippen LogP contribution is -2.33. The Morgan fingerprint density at radius 2 is 2.00 bits per heavy atom. The molecule has 0 saturated heterocycles. The highest BCUT2D eigenvalue weighted by Crippen LogP contribution is 2.23. The number of thiazole rings is 1. The van der Waals surface area contributed by atoms with Gasteiger partial charge < -0.3 is 15.8 Å². The number of hydrogen-bond donors (Lipinski definition) is 2. The van der Waals surface area contributed by atoms with Gasteiger partial charge in [0.1, 0.15) is 5.60 Å². The number of rotatable bonds is 4. The number of nitrogen functional groups attached to an aromatic ring is 1. The Morgan fingerprint density at radius 1 is 1.32 bits per heavy atom. The lowest BCUT2D eigenvalue weighted by molar-refractivity contribution is 0.0528. The number of amides is 1. The van der Waals surface area contributed by atoms with E-state index in [1.807, 2.05) is 50.4 Å². The fourth-order valence-electron chi connectivity index (χ4n) is 1.89. The van der Waals surface area contributed by atoms with Gasteiger partial charge in [-0.2, -0.15) is 0 Å². The van der Waals surface area contributed by atoms with Gasteiger partial charge in [-0.15, -0.1) is 11.3 Å². The first kappa shape index (κ1) is 16.3. The second-order valence-electron chi connectivity index (χ2n) is 5.95. The Balaban J connectivity index is 1.83. The molecule has 0 atom stereocenters. The number of aromatic nitrogens is 1. The Bertz CT molecular complexity index is 630. The van der Waals surface area contributed by atoms with Gasteiger partial charge in [0.2, 0.25) is 0 Å². The van der Waals surface area contributed by atoms with Crippen LogP contribution in [-0.4, -0.2) is 23.2 Å². The summed E-state index contributed by atoms with van der Waals surface area (Å²) in [5.74, 6) is 0. The lowest BCUT2D eigenvalue weighted by Gasteiger charge is -2.19. The molecule has 0 aliphatic heterocycles. The van der Waals surface area contributed by atoms with Crippen LogP contribution >= 0.6 is 11.3 Å². The predicted molar refractivity (Wildman–Crippen MR) is 89.9 cm³/mol. The SMILES string of the molecule is CC(C)(C)OC(=O)NCCc1ccc(-c2csc(N)n2)cc1. The van der Waals surface area contributed by atoms with Crippen LogP contribution in [0.1, 0.15) is 26.3 Å². The summed E-state index contributed by atoms with van der Waals surface area (Å²) in [5, 5.41) is 5.26. The average molecular weight is 319 g/mol. The Hall–Kier alpha value is -2.08. The Morgan fingerprint density at radius 3 is 2.55 bits per heavy atom. The van der Waals surface area contributed by atoms with Crippen LogP contribution in [0.2, 0.25) is 0 Å². The van der Waals surface area contributed by atoms with E-state index in [1.165, 1.54) is 11.3 Å². The molecule has 1 aromatic heterocycles. The molecule has 2 rings (SSSR count). The maximum atomic E-state index is 11.5. The van der Waals surface area contributed by atoms with E-state index in [1.54, 1.807) is 0 Å². The average Bonchev–Trinajstić information content (AvgIpc) is 2.84. The number of alkyl carbamates (subject to hydrolysis) is 1. The molecule has 5 nitrogen and oxygen atoms in total. The molecule has 3 N–H and O–H groups in total. The summed E-state index contributed by atoms with van der Waals surface area (Å²) >= 11 is 1.43. The number of anilines is 1. The Labute approximate surface area is 134 Å². The maximum Gasteiger partial charge on any atom is 0.407 e. The molecule has 0 aliphatic carbocycles. The number of nitrogens with one attached hydrogen (secondary N) is 1. The minimum atomic E-state index is -0.471. The quantitative estimate of drug-likeness (QED) is 0.904. The zero-order valence-corrected chi connectivity index (χ0v) is 13.9. The molecular weight excluding hydrogens is 298 g/mol. The van der Waals surface area contributed by atoms with Crippen LogP contribution in [0.5, 0.6) is 0 Å². The zero-order valence-electron chi connectivity index (χ0n) is 13.1. The van der Waals surface area contributed by atoms with E-state index in [0.29, 0.717) is 11.7 Å². The second kappa shape index (κ2) is 6.79. The lowest BCUT2D eigenvalue weighted by atomic mass is 10.1. The molecule has 0 unspecified atom stereocenters. The van der Waals surface area contributed by atoms with Crippen LogP contribution < -0.4 is 11.1 Å². The molecule has 0 fully saturated rings. The third-order valence-corrected chi connectivity index (χ3v) is 3.53. The number of carbonyl (C=O) groups excluding carboxylic acids is 1. The number of nitrogens with two attached hydrogens (primary N) is 1. The van der Waals surface area contributed by atoms with E-state index < -0.39 is 5.60 Å². The highest BCUT2D eigenvalue weighted by Gasteiger charge is 2.15. The van der Waals surface area contributed by atoms with Crippen molar-refractivity contribution < 1.29 is 9.53 Å². The van der Waals surface area contributed by atoms with E-state index in [0.717, 1.165) is 23.2 Å². The zero-order chi connectivity index (χ0) is 16.2. The summed E-state index contributed by atoms with van der Waals surface area (Å²) in [6.07, 6.45) is 0.362. The van der Waals surface area contributed by atoms with Crippen molar-refractivity contribution in [2.75, 3.05) is 12.3 Å². The van der Waals surface area contributed by atoms with Gasteiger partial charge in [0.05, 0.1) is 5.69 Å². The number of nitrogens with zero attached hydrogens (tertiary/aromatic N) is 1. The van der Waals surface area contributed by atoms with Crippen molar-refractivity contribution in [2.24, 2.45) is 0 Å². The van der Waals surface area contributed by atoms with E-state index in [9.17, 15) is 4.79 Å². The number of carbonyl (C=O) groups is 1. The van der Waals surface area contributed by atoms with Gasteiger partial charge in [0, 0.05) is 17.5 Å². The van der Waals surface area contributed by atoms with Gasteiger partial charge in [-0.1, -0.05) is 24.3 Å². The number of ether oxygens (including phenoxy) is 1. The maximum absolute atomic E-state index is 11.5. The molecule has 0 bridgehead atoms. The molecule has 0 radical (unpaired) electrons. The van der Waals surface area contributed by atoms with Crippen molar-refractivity contribution in [1.82, 2.24) is 10.3 Å². The van der Waals surface area contributed by atoms with Crippen molar-refractivity contribution in [2.45, 2.75) is 32.8 Å². The fourth-order valence-corrected chi connectivity index (χ4v) is 2.46. The molecule has 2 aromatic rings.